The van der Waals surface area contributed by atoms with Gasteiger partial charge >= 0.3 is 0 Å². The summed E-state index contributed by atoms with van der Waals surface area (Å²) in [5.74, 6) is 0.0423. The van der Waals surface area contributed by atoms with Gasteiger partial charge in [0, 0.05) is 26.8 Å². The summed E-state index contributed by atoms with van der Waals surface area (Å²) in [5, 5.41) is 2.65. The molecule has 2 aromatic carbocycles. The molecule has 2 heterocycles. The van der Waals surface area contributed by atoms with E-state index in [9.17, 15) is 14.4 Å². The first-order valence-corrected chi connectivity index (χ1v) is 11.5. The van der Waals surface area contributed by atoms with Crippen molar-refractivity contribution >= 4 is 68.1 Å². The second-order valence-corrected chi connectivity index (χ2v) is 9.33. The van der Waals surface area contributed by atoms with Crippen molar-refractivity contribution in [2.24, 2.45) is 0 Å². The molecule has 1 fully saturated rings. The number of amides is 3. The van der Waals surface area contributed by atoms with E-state index < -0.39 is 23.6 Å². The van der Waals surface area contributed by atoms with Crippen molar-refractivity contribution in [3.8, 4) is 11.3 Å². The average molecular weight is 532 g/mol. The molecule has 162 valence electrons. The highest BCUT2D eigenvalue weighted by molar-refractivity contribution is 9.10. The van der Waals surface area contributed by atoms with E-state index in [1.165, 1.54) is 6.08 Å². The number of carbonyl (C=O) groups excluding carboxylic acids is 3. The van der Waals surface area contributed by atoms with Crippen LogP contribution in [0.5, 0.6) is 0 Å². The molecule has 3 aromatic rings. The number of benzene rings is 2. The lowest BCUT2D eigenvalue weighted by atomic mass is 10.2. The summed E-state index contributed by atoms with van der Waals surface area (Å²) < 4.78 is 6.75. The van der Waals surface area contributed by atoms with Crippen LogP contribution in [0, 0.1) is 6.92 Å². The van der Waals surface area contributed by atoms with Crippen molar-refractivity contribution in [3.05, 3.63) is 80.3 Å². The second-order valence-electron chi connectivity index (χ2n) is 6.98. The minimum Gasteiger partial charge on any atom is -0.457 e. The number of nitrogens with zero attached hydrogens (tertiary/aromatic N) is 1. The largest absolute Gasteiger partial charge is 0.457 e. The Morgan fingerprint density at radius 2 is 1.91 bits per heavy atom. The molecule has 1 aliphatic heterocycles. The Balaban J connectivity index is 1.45. The zero-order valence-corrected chi connectivity index (χ0v) is 19.9. The third-order valence-electron chi connectivity index (χ3n) is 4.68. The fraction of sp³-hybridized carbons (Fsp3) is 0.0870. The Hall–Kier alpha value is -2.81. The number of halogens is 2. The van der Waals surface area contributed by atoms with Gasteiger partial charge in [-0.25, -0.2) is 0 Å². The van der Waals surface area contributed by atoms with E-state index in [4.69, 9.17) is 16.0 Å². The van der Waals surface area contributed by atoms with E-state index in [-0.39, 0.29) is 4.91 Å². The molecule has 32 heavy (non-hydrogen) atoms. The molecule has 1 aliphatic rings. The number of thioether (sulfide) groups is 1. The number of aryl methyl sites for hydroxylation is 1. The van der Waals surface area contributed by atoms with Gasteiger partial charge in [0.25, 0.3) is 11.1 Å². The van der Waals surface area contributed by atoms with Crippen LogP contribution in [0.25, 0.3) is 17.4 Å². The molecule has 9 heteroatoms. The average Bonchev–Trinajstić information content (AvgIpc) is 3.32. The fourth-order valence-electron chi connectivity index (χ4n) is 3.03. The van der Waals surface area contributed by atoms with Gasteiger partial charge in [-0.1, -0.05) is 45.7 Å². The van der Waals surface area contributed by atoms with Gasteiger partial charge in [0.15, 0.2) is 0 Å². The highest BCUT2D eigenvalue weighted by atomic mass is 79.9. The Labute approximate surface area is 201 Å². The van der Waals surface area contributed by atoms with E-state index in [1.54, 1.807) is 30.3 Å². The van der Waals surface area contributed by atoms with Crippen molar-refractivity contribution < 1.29 is 18.8 Å². The van der Waals surface area contributed by atoms with Crippen molar-refractivity contribution in [2.75, 3.05) is 11.9 Å². The molecular formula is C23H16BrClN2O4S. The molecule has 3 amide bonds. The highest BCUT2D eigenvalue weighted by Crippen LogP contribution is 2.33. The maximum Gasteiger partial charge on any atom is 0.294 e. The van der Waals surface area contributed by atoms with Crippen LogP contribution in [-0.2, 0) is 9.59 Å². The SMILES string of the molecule is Cc1ccc(Cl)cc1NC(=O)CN1C(=O)S/C(=C/c2ccc(-c3ccc(Br)cc3)o2)C1=O. The van der Waals surface area contributed by atoms with Gasteiger partial charge in [0.05, 0.1) is 4.91 Å². The van der Waals surface area contributed by atoms with Gasteiger partial charge in [0.1, 0.15) is 18.1 Å². The van der Waals surface area contributed by atoms with Crippen LogP contribution in [0.1, 0.15) is 11.3 Å². The van der Waals surface area contributed by atoms with Gasteiger partial charge in [-0.15, -0.1) is 0 Å². The molecule has 1 saturated heterocycles. The molecule has 0 aliphatic carbocycles. The van der Waals surface area contributed by atoms with Crippen molar-refractivity contribution in [1.82, 2.24) is 4.90 Å². The lowest BCUT2D eigenvalue weighted by Crippen LogP contribution is -2.36. The van der Waals surface area contributed by atoms with Gasteiger partial charge in [-0.3, -0.25) is 19.3 Å². The molecule has 0 atom stereocenters. The molecule has 0 unspecified atom stereocenters. The maximum absolute atomic E-state index is 12.7. The first kappa shape index (κ1) is 22.4. The van der Waals surface area contributed by atoms with Gasteiger partial charge in [0.2, 0.25) is 5.91 Å². The number of hydrogen-bond donors (Lipinski definition) is 1. The summed E-state index contributed by atoms with van der Waals surface area (Å²) in [4.78, 5) is 38.6. The number of carbonyl (C=O) groups is 3. The van der Waals surface area contributed by atoms with E-state index in [2.05, 4.69) is 21.2 Å². The maximum atomic E-state index is 12.7. The van der Waals surface area contributed by atoms with Crippen LogP contribution in [0.15, 0.2) is 68.4 Å². The smallest absolute Gasteiger partial charge is 0.294 e. The first-order valence-electron chi connectivity index (χ1n) is 9.47. The van der Waals surface area contributed by atoms with Crippen LogP contribution in [0.4, 0.5) is 10.5 Å². The van der Waals surface area contributed by atoms with Crippen molar-refractivity contribution in [3.63, 3.8) is 0 Å². The number of rotatable bonds is 5. The Kier molecular flexibility index (Phi) is 6.55. The van der Waals surface area contributed by atoms with Crippen LogP contribution in [0.3, 0.4) is 0 Å². The number of furan rings is 1. The molecule has 4 rings (SSSR count). The molecule has 1 aromatic heterocycles. The second kappa shape index (κ2) is 9.36. The van der Waals surface area contributed by atoms with Crippen LogP contribution < -0.4 is 5.32 Å². The summed E-state index contributed by atoms with van der Waals surface area (Å²) >= 11 is 10.1. The van der Waals surface area contributed by atoms with E-state index in [1.807, 2.05) is 31.2 Å². The van der Waals surface area contributed by atoms with Gasteiger partial charge in [-0.05, 0) is 60.6 Å². The Bertz CT molecular complexity index is 1250. The Morgan fingerprint density at radius 1 is 1.16 bits per heavy atom. The van der Waals surface area contributed by atoms with Crippen LogP contribution in [-0.4, -0.2) is 28.5 Å². The molecular weight excluding hydrogens is 516 g/mol. The van der Waals surface area contributed by atoms with Crippen LogP contribution >= 0.6 is 39.3 Å². The van der Waals surface area contributed by atoms with Gasteiger partial charge in [-0.2, -0.15) is 0 Å². The quantitative estimate of drug-likeness (QED) is 0.388. The first-order chi connectivity index (χ1) is 15.3. The lowest BCUT2D eigenvalue weighted by Gasteiger charge is -2.13. The summed E-state index contributed by atoms with van der Waals surface area (Å²) in [6.07, 6.45) is 1.51. The minimum atomic E-state index is -0.542. The molecule has 1 N–H and O–H groups in total. The lowest BCUT2D eigenvalue weighted by molar-refractivity contribution is -0.127. The monoisotopic (exact) mass is 530 g/mol. The highest BCUT2D eigenvalue weighted by Gasteiger charge is 2.36. The predicted octanol–water partition coefficient (Wildman–Crippen LogP) is 6.35. The molecule has 6 nitrogen and oxygen atoms in total. The minimum absolute atomic E-state index is 0.193. The number of hydrogen-bond acceptors (Lipinski definition) is 5. The molecule has 0 bridgehead atoms. The third kappa shape index (κ3) is 4.98. The summed E-state index contributed by atoms with van der Waals surface area (Å²) in [6, 6.07) is 16.2. The number of anilines is 1. The Morgan fingerprint density at radius 3 is 2.66 bits per heavy atom. The molecule has 0 saturated carbocycles. The summed E-state index contributed by atoms with van der Waals surface area (Å²) in [5.41, 5.74) is 2.23. The van der Waals surface area contributed by atoms with Gasteiger partial charge < -0.3 is 9.73 Å². The summed E-state index contributed by atoms with van der Waals surface area (Å²) in [7, 11) is 0. The van der Waals surface area contributed by atoms with Crippen molar-refractivity contribution in [2.45, 2.75) is 6.92 Å². The number of imide groups is 1. The van der Waals surface area contributed by atoms with E-state index in [0.717, 1.165) is 32.3 Å². The number of nitrogens with one attached hydrogen (secondary N) is 1. The third-order valence-corrected chi connectivity index (χ3v) is 6.35. The normalized spacial score (nSPS) is 15.0. The zero-order valence-electron chi connectivity index (χ0n) is 16.7. The molecule has 0 spiro atoms. The fourth-order valence-corrected chi connectivity index (χ4v) is 4.28. The standard InChI is InChI=1S/C23H16BrClN2O4S/c1-13-2-7-16(25)10-18(13)26-21(28)12-27-22(29)20(32-23(27)30)11-17-8-9-19(31-17)14-3-5-15(24)6-4-14/h2-11H,12H2,1H3,(H,26,28)/b20-11+. The van der Waals surface area contributed by atoms with E-state index in [0.29, 0.717) is 22.2 Å². The topological polar surface area (TPSA) is 79.6 Å². The van der Waals surface area contributed by atoms with Crippen molar-refractivity contribution in [1.29, 1.82) is 0 Å². The van der Waals surface area contributed by atoms with E-state index >= 15 is 0 Å². The molecule has 0 radical (unpaired) electrons. The van der Waals surface area contributed by atoms with Crippen LogP contribution in [0.2, 0.25) is 5.02 Å². The predicted molar refractivity (Wildman–Crippen MR) is 129 cm³/mol. The zero-order chi connectivity index (χ0) is 22.8. The summed E-state index contributed by atoms with van der Waals surface area (Å²) in [6.45, 7) is 1.43.